The van der Waals surface area contributed by atoms with Crippen LogP contribution in [0.25, 0.3) is 0 Å². The van der Waals surface area contributed by atoms with Crippen molar-refractivity contribution in [1.82, 2.24) is 0 Å². The Balaban J connectivity index is 1.96. The summed E-state index contributed by atoms with van der Waals surface area (Å²) in [5.41, 5.74) is 8.46. The number of rotatable bonds is 7. The molecule has 7 nitrogen and oxygen atoms in total. The summed E-state index contributed by atoms with van der Waals surface area (Å²) in [7, 11) is 2.57. The zero-order chi connectivity index (χ0) is 22.4. The minimum Gasteiger partial charge on any atom is -0.488 e. The summed E-state index contributed by atoms with van der Waals surface area (Å²) in [5.74, 6) is -0.288. The van der Waals surface area contributed by atoms with Crippen molar-refractivity contribution in [2.75, 3.05) is 20.0 Å². The molecule has 0 aliphatic carbocycles. The first-order valence-corrected chi connectivity index (χ1v) is 9.48. The maximum absolute atomic E-state index is 12.6. The molecule has 3 rings (SSSR count). The molecule has 3 aromatic carbocycles. The van der Waals surface area contributed by atoms with Crippen molar-refractivity contribution >= 4 is 17.6 Å². The minimum absolute atomic E-state index is 0.139. The lowest BCUT2D eigenvalue weighted by Crippen LogP contribution is -2.09. The summed E-state index contributed by atoms with van der Waals surface area (Å²) in [6.45, 7) is 2.12. The zero-order valence-electron chi connectivity index (χ0n) is 17.5. The quantitative estimate of drug-likeness (QED) is 0.442. The number of nitrogens with two attached hydrogens (primary N) is 1. The van der Waals surface area contributed by atoms with Crippen molar-refractivity contribution in [3.05, 3.63) is 82.9 Å². The highest BCUT2D eigenvalue weighted by Crippen LogP contribution is 2.37. The van der Waals surface area contributed by atoms with Gasteiger partial charge in [-0.25, -0.2) is 9.59 Å². The Hall–Kier alpha value is -4.00. The molecule has 0 unspecified atom stereocenters. The Bertz CT molecular complexity index is 1090. The van der Waals surface area contributed by atoms with Crippen molar-refractivity contribution < 1.29 is 28.5 Å². The highest BCUT2D eigenvalue weighted by Gasteiger charge is 2.22. The third-order valence-corrected chi connectivity index (χ3v) is 4.49. The second-order valence-corrected chi connectivity index (χ2v) is 6.75. The van der Waals surface area contributed by atoms with E-state index in [1.807, 2.05) is 37.3 Å². The molecular weight excluding hydrogens is 398 g/mol. The molecule has 0 saturated heterocycles. The van der Waals surface area contributed by atoms with Crippen molar-refractivity contribution in [3.8, 4) is 17.2 Å². The third-order valence-electron chi connectivity index (χ3n) is 4.49. The van der Waals surface area contributed by atoms with Gasteiger partial charge >= 0.3 is 11.9 Å². The van der Waals surface area contributed by atoms with Gasteiger partial charge in [0.15, 0.2) is 0 Å². The molecule has 7 heteroatoms. The number of aryl methyl sites for hydroxylation is 1. The summed E-state index contributed by atoms with van der Waals surface area (Å²) < 4.78 is 21.5. The van der Waals surface area contributed by atoms with Crippen molar-refractivity contribution in [1.29, 1.82) is 0 Å². The van der Waals surface area contributed by atoms with Crippen molar-refractivity contribution in [2.24, 2.45) is 0 Å². The fourth-order valence-electron chi connectivity index (χ4n) is 2.96. The predicted molar refractivity (Wildman–Crippen MR) is 116 cm³/mol. The van der Waals surface area contributed by atoms with Crippen LogP contribution in [0.1, 0.15) is 31.8 Å². The van der Waals surface area contributed by atoms with E-state index in [0.717, 1.165) is 11.1 Å². The minimum atomic E-state index is -0.609. The van der Waals surface area contributed by atoms with Crippen molar-refractivity contribution in [3.63, 3.8) is 0 Å². The van der Waals surface area contributed by atoms with Gasteiger partial charge in [-0.15, -0.1) is 0 Å². The Morgan fingerprint density at radius 3 is 2.16 bits per heavy atom. The molecule has 0 aliphatic heterocycles. The monoisotopic (exact) mass is 421 g/mol. The van der Waals surface area contributed by atoms with Gasteiger partial charge in [-0.1, -0.05) is 30.3 Å². The number of carbonyl (C=O) groups excluding carboxylic acids is 2. The van der Waals surface area contributed by atoms with Crippen LogP contribution in [0.2, 0.25) is 0 Å². The van der Waals surface area contributed by atoms with Crippen LogP contribution >= 0.6 is 0 Å². The molecule has 3 aromatic rings. The van der Waals surface area contributed by atoms with E-state index in [4.69, 9.17) is 24.7 Å². The van der Waals surface area contributed by atoms with Gasteiger partial charge in [-0.05, 0) is 48.4 Å². The Labute approximate surface area is 180 Å². The SMILES string of the molecule is COC(=O)c1ccc(Oc2cc(C)cc(OCc3ccccc3)c2C(=O)OC)c(N)c1. The maximum atomic E-state index is 12.6. The van der Waals surface area contributed by atoms with Gasteiger partial charge in [0.05, 0.1) is 25.5 Å². The number of methoxy groups -OCH3 is 2. The van der Waals surface area contributed by atoms with E-state index in [-0.39, 0.29) is 34.9 Å². The van der Waals surface area contributed by atoms with Gasteiger partial charge in [0.25, 0.3) is 0 Å². The first-order valence-electron chi connectivity index (χ1n) is 9.48. The number of benzene rings is 3. The van der Waals surface area contributed by atoms with Gasteiger partial charge in [-0.3, -0.25) is 0 Å². The fraction of sp³-hybridized carbons (Fsp3) is 0.167. The predicted octanol–water partition coefficient (Wildman–Crippen LogP) is 4.52. The van der Waals surface area contributed by atoms with Gasteiger partial charge < -0.3 is 24.7 Å². The molecule has 2 N–H and O–H groups in total. The summed E-state index contributed by atoms with van der Waals surface area (Å²) >= 11 is 0. The fourth-order valence-corrected chi connectivity index (χ4v) is 2.96. The Morgan fingerprint density at radius 2 is 1.52 bits per heavy atom. The van der Waals surface area contributed by atoms with E-state index in [2.05, 4.69) is 0 Å². The van der Waals surface area contributed by atoms with E-state index in [1.165, 1.54) is 32.4 Å². The lowest BCUT2D eigenvalue weighted by Gasteiger charge is -2.17. The van der Waals surface area contributed by atoms with E-state index in [1.54, 1.807) is 12.1 Å². The number of anilines is 1. The van der Waals surface area contributed by atoms with Crippen LogP contribution in [-0.4, -0.2) is 26.2 Å². The topological polar surface area (TPSA) is 97.1 Å². The highest BCUT2D eigenvalue weighted by atomic mass is 16.5. The molecule has 0 aliphatic rings. The normalized spacial score (nSPS) is 10.3. The largest absolute Gasteiger partial charge is 0.488 e. The molecule has 0 spiro atoms. The molecule has 160 valence electrons. The molecule has 0 saturated carbocycles. The number of carbonyl (C=O) groups is 2. The average molecular weight is 421 g/mol. The number of nitrogen functional groups attached to an aromatic ring is 1. The third kappa shape index (κ3) is 5.14. The van der Waals surface area contributed by atoms with Crippen LogP contribution in [0.3, 0.4) is 0 Å². The molecular formula is C24H23NO6. The smallest absolute Gasteiger partial charge is 0.345 e. The molecule has 0 aromatic heterocycles. The van der Waals surface area contributed by atoms with E-state index < -0.39 is 11.9 Å². The molecule has 0 atom stereocenters. The van der Waals surface area contributed by atoms with Crippen LogP contribution in [0.15, 0.2) is 60.7 Å². The average Bonchev–Trinajstić information content (AvgIpc) is 2.78. The van der Waals surface area contributed by atoms with Gasteiger partial charge in [-0.2, -0.15) is 0 Å². The van der Waals surface area contributed by atoms with Gasteiger partial charge in [0.2, 0.25) is 0 Å². The zero-order valence-corrected chi connectivity index (χ0v) is 17.5. The maximum Gasteiger partial charge on any atom is 0.345 e. The molecule has 0 heterocycles. The molecule has 31 heavy (non-hydrogen) atoms. The van der Waals surface area contributed by atoms with Crippen LogP contribution in [0, 0.1) is 6.92 Å². The summed E-state index contributed by atoms with van der Waals surface area (Å²) in [6.07, 6.45) is 0. The Morgan fingerprint density at radius 1 is 0.839 bits per heavy atom. The van der Waals surface area contributed by atoms with Crippen LogP contribution in [-0.2, 0) is 16.1 Å². The van der Waals surface area contributed by atoms with E-state index in [0.29, 0.717) is 5.75 Å². The van der Waals surface area contributed by atoms with E-state index >= 15 is 0 Å². The highest BCUT2D eigenvalue weighted by molar-refractivity contribution is 5.96. The summed E-state index contributed by atoms with van der Waals surface area (Å²) in [6, 6.07) is 17.5. The van der Waals surface area contributed by atoms with Crippen molar-refractivity contribution in [2.45, 2.75) is 13.5 Å². The first-order chi connectivity index (χ1) is 14.9. The van der Waals surface area contributed by atoms with Crippen LogP contribution in [0.4, 0.5) is 5.69 Å². The summed E-state index contributed by atoms with van der Waals surface area (Å²) in [5, 5.41) is 0. The second-order valence-electron chi connectivity index (χ2n) is 6.75. The Kier molecular flexibility index (Phi) is 6.77. The number of hydrogen-bond donors (Lipinski definition) is 1. The standard InChI is InChI=1S/C24H23NO6/c1-15-11-20(30-14-16-7-5-4-6-8-16)22(24(27)29-3)21(12-15)31-19-10-9-17(13-18(19)25)23(26)28-2/h4-13H,14,25H2,1-3H3. The number of ether oxygens (including phenoxy) is 4. The van der Waals surface area contributed by atoms with Crippen LogP contribution < -0.4 is 15.2 Å². The summed E-state index contributed by atoms with van der Waals surface area (Å²) in [4.78, 5) is 24.3. The second kappa shape index (κ2) is 9.67. The van der Waals surface area contributed by atoms with Gasteiger partial charge in [0, 0.05) is 0 Å². The molecule has 0 amide bonds. The number of hydrogen-bond acceptors (Lipinski definition) is 7. The lowest BCUT2D eigenvalue weighted by atomic mass is 10.1. The first kappa shape index (κ1) is 21.7. The number of esters is 2. The van der Waals surface area contributed by atoms with Crippen LogP contribution in [0.5, 0.6) is 17.2 Å². The van der Waals surface area contributed by atoms with Gasteiger partial charge in [0.1, 0.15) is 29.4 Å². The lowest BCUT2D eigenvalue weighted by molar-refractivity contribution is 0.0587. The molecule has 0 bridgehead atoms. The molecule has 0 radical (unpaired) electrons. The van der Waals surface area contributed by atoms with E-state index in [9.17, 15) is 9.59 Å². The molecule has 0 fully saturated rings.